The average Bonchev–Trinajstić information content (AvgIpc) is 1.61. The molecule has 0 saturated carbocycles. The van der Waals surface area contributed by atoms with Crippen LogP contribution in [0.15, 0.2) is 0 Å². The van der Waals surface area contributed by atoms with E-state index in [1.165, 1.54) is 5.92 Å². The Hall–Kier alpha value is 0.0869. The molecule has 0 nitrogen and oxygen atoms in total. The molecule has 0 aliphatic heterocycles. The molecule has 0 aliphatic carbocycles. The van der Waals surface area contributed by atoms with Gasteiger partial charge in [-0.1, -0.05) is 33.4 Å². The van der Waals surface area contributed by atoms with Gasteiger partial charge in [0.2, 0.25) is 0 Å². The summed E-state index contributed by atoms with van der Waals surface area (Å²) in [5.74, 6) is 1.47. The quantitative estimate of drug-likeness (QED) is 0.495. The van der Waals surface area contributed by atoms with Crippen molar-refractivity contribution in [1.29, 1.82) is 0 Å². The van der Waals surface area contributed by atoms with E-state index in [1.54, 1.807) is 0 Å². The fourth-order valence-corrected chi connectivity index (χ4v) is 1.15. The van der Waals surface area contributed by atoms with Gasteiger partial charge < -0.3 is 0 Å². The third-order valence-electron chi connectivity index (χ3n) is 0.814. The molecule has 1 heteroatoms. The molecule has 0 amide bonds. The summed E-state index contributed by atoms with van der Waals surface area (Å²) in [4.78, 5) is 0. The predicted molar refractivity (Wildman–Crippen MR) is 42.9 cm³/mol. The zero-order valence-corrected chi connectivity index (χ0v) is 7.39. The highest BCUT2D eigenvalue weighted by molar-refractivity contribution is 6.50. The molecular formula is C7H15Si. The van der Waals surface area contributed by atoms with Crippen LogP contribution in [0.1, 0.15) is 27.7 Å². The van der Waals surface area contributed by atoms with Crippen LogP contribution in [-0.2, 0) is 0 Å². The van der Waals surface area contributed by atoms with Crippen LogP contribution in [0.3, 0.4) is 0 Å². The van der Waals surface area contributed by atoms with E-state index in [0.717, 1.165) is 5.54 Å². The standard InChI is InChI=1S/C7H15Si/c1-6(2)5-8-7(3)4/h5,7-8H,1-4H3. The minimum Gasteiger partial charge on any atom is -0.0998 e. The van der Waals surface area contributed by atoms with Gasteiger partial charge in [0.1, 0.15) is 0 Å². The monoisotopic (exact) mass is 127 g/mol. The predicted octanol–water partition coefficient (Wildman–Crippen LogP) is 1.67. The van der Waals surface area contributed by atoms with Crippen molar-refractivity contribution in [3.8, 4) is 0 Å². The van der Waals surface area contributed by atoms with Gasteiger partial charge in [0.05, 0.1) is 0 Å². The Balaban J connectivity index is 3.34. The van der Waals surface area contributed by atoms with E-state index in [1.807, 2.05) is 0 Å². The molecular weight excluding hydrogens is 112 g/mol. The Morgan fingerprint density at radius 3 is 2.00 bits per heavy atom. The summed E-state index contributed by atoms with van der Waals surface area (Å²) < 4.78 is 0. The Kier molecular flexibility index (Phi) is 4.06. The van der Waals surface area contributed by atoms with Crippen LogP contribution < -0.4 is 0 Å². The Labute approximate surface area is 54.7 Å². The summed E-state index contributed by atoms with van der Waals surface area (Å²) in [5, 5.41) is 0. The summed E-state index contributed by atoms with van der Waals surface area (Å²) in [6.45, 7) is 8.87. The molecule has 0 rings (SSSR count). The third kappa shape index (κ3) is 6.09. The zero-order chi connectivity index (χ0) is 6.57. The lowest BCUT2D eigenvalue weighted by atomic mass is 10.3. The molecule has 0 aromatic rings. The molecule has 0 aromatic heterocycles. The maximum absolute atomic E-state index is 2.37. The lowest BCUT2D eigenvalue weighted by molar-refractivity contribution is 1.07. The first-order valence-electron chi connectivity index (χ1n) is 3.11. The molecule has 1 radical (unpaired) electrons. The minimum absolute atomic E-state index is 0.572. The molecule has 0 saturated heterocycles. The molecule has 0 bridgehead atoms. The maximum Gasteiger partial charge on any atom is -0.00854 e. The zero-order valence-electron chi connectivity index (χ0n) is 6.23. The highest BCUT2D eigenvalue weighted by Crippen LogP contribution is 1.93. The van der Waals surface area contributed by atoms with E-state index in [-0.39, 0.29) is 0 Å². The van der Waals surface area contributed by atoms with Gasteiger partial charge in [0, 0.05) is 0 Å². The minimum atomic E-state index is 0.572. The molecule has 0 atom stereocenters. The van der Waals surface area contributed by atoms with E-state index < -0.39 is 0 Å². The van der Waals surface area contributed by atoms with Gasteiger partial charge in [0.15, 0.2) is 0 Å². The Morgan fingerprint density at radius 1 is 1.38 bits per heavy atom. The lowest BCUT2D eigenvalue weighted by Gasteiger charge is -1.94. The van der Waals surface area contributed by atoms with E-state index in [4.69, 9.17) is 0 Å². The summed E-state index contributed by atoms with van der Waals surface area (Å²) in [6, 6.07) is 0. The molecule has 0 fully saturated rings. The van der Waals surface area contributed by atoms with Crippen molar-refractivity contribution >= 4 is 14.8 Å². The number of rotatable bonds is 2. The van der Waals surface area contributed by atoms with Gasteiger partial charge >= 0.3 is 0 Å². The van der Waals surface area contributed by atoms with Gasteiger partial charge in [-0.3, -0.25) is 0 Å². The molecule has 47 valence electrons. The highest BCUT2D eigenvalue weighted by atomic mass is 28.2. The van der Waals surface area contributed by atoms with Crippen LogP contribution in [0.2, 0.25) is 5.54 Å². The van der Waals surface area contributed by atoms with Crippen molar-refractivity contribution in [3.63, 3.8) is 0 Å². The molecule has 0 spiro atoms. The summed E-state index contributed by atoms with van der Waals surface area (Å²) in [7, 11) is 0.572. The fraction of sp³-hybridized carbons (Fsp3) is 0.714. The summed E-state index contributed by atoms with van der Waals surface area (Å²) in [5.41, 5.74) is 3.26. The Morgan fingerprint density at radius 2 is 1.88 bits per heavy atom. The van der Waals surface area contributed by atoms with Crippen LogP contribution >= 0.6 is 0 Å². The van der Waals surface area contributed by atoms with Crippen molar-refractivity contribution in [3.05, 3.63) is 5.92 Å². The largest absolute Gasteiger partial charge is 0.0998 e. The van der Waals surface area contributed by atoms with Crippen molar-refractivity contribution in [1.82, 2.24) is 0 Å². The van der Waals surface area contributed by atoms with Crippen LogP contribution in [0, 0.1) is 5.92 Å². The van der Waals surface area contributed by atoms with Crippen LogP contribution in [0.25, 0.3) is 0 Å². The maximum atomic E-state index is 2.37. The first-order valence-corrected chi connectivity index (χ1v) is 4.44. The second kappa shape index (κ2) is 4.01. The number of hydrogen-bond acceptors (Lipinski definition) is 0. The fourth-order valence-electron chi connectivity index (χ4n) is 0.385. The second-order valence-electron chi connectivity index (χ2n) is 2.68. The third-order valence-corrected chi connectivity index (χ3v) is 2.44. The molecule has 0 aromatic carbocycles. The molecule has 0 heterocycles. The van der Waals surface area contributed by atoms with E-state index in [2.05, 4.69) is 33.4 Å². The van der Waals surface area contributed by atoms with Crippen molar-refractivity contribution in [2.75, 3.05) is 0 Å². The normalized spacial score (nSPS) is 12.2. The molecule has 0 unspecified atom stereocenters. The van der Waals surface area contributed by atoms with E-state index in [9.17, 15) is 0 Å². The lowest BCUT2D eigenvalue weighted by Crippen LogP contribution is -1.93. The Bertz CT molecular complexity index is 62.5. The van der Waals surface area contributed by atoms with Crippen LogP contribution in [0.5, 0.6) is 0 Å². The van der Waals surface area contributed by atoms with E-state index in [0.29, 0.717) is 9.13 Å². The van der Waals surface area contributed by atoms with Gasteiger partial charge in [-0.25, -0.2) is 0 Å². The smallest absolute Gasteiger partial charge is 0.00854 e. The highest BCUT2D eigenvalue weighted by Gasteiger charge is 1.86. The van der Waals surface area contributed by atoms with Crippen molar-refractivity contribution in [2.24, 2.45) is 0 Å². The average molecular weight is 127 g/mol. The van der Waals surface area contributed by atoms with Crippen LogP contribution in [-0.4, -0.2) is 14.8 Å². The summed E-state index contributed by atoms with van der Waals surface area (Å²) in [6.07, 6.45) is 0. The SMILES string of the molecule is C[C](C)C=[SiH]C(C)C. The first kappa shape index (κ1) is 8.09. The van der Waals surface area contributed by atoms with Crippen LogP contribution in [0.4, 0.5) is 0 Å². The molecule has 0 aliphatic rings. The van der Waals surface area contributed by atoms with Gasteiger partial charge in [-0.2, -0.15) is 0 Å². The number of hydrogen-bond donors (Lipinski definition) is 0. The second-order valence-corrected chi connectivity index (χ2v) is 4.73. The van der Waals surface area contributed by atoms with Gasteiger partial charge in [-0.05, 0) is 20.6 Å². The molecule has 8 heavy (non-hydrogen) atoms. The van der Waals surface area contributed by atoms with Crippen molar-refractivity contribution < 1.29 is 0 Å². The summed E-state index contributed by atoms with van der Waals surface area (Å²) >= 11 is 0. The molecule has 0 N–H and O–H groups in total. The van der Waals surface area contributed by atoms with E-state index >= 15 is 0 Å². The first-order chi connectivity index (χ1) is 3.63. The van der Waals surface area contributed by atoms with Crippen molar-refractivity contribution in [2.45, 2.75) is 33.2 Å². The topological polar surface area (TPSA) is 0 Å². The van der Waals surface area contributed by atoms with Gasteiger partial charge in [-0.15, -0.1) is 0 Å². The van der Waals surface area contributed by atoms with Gasteiger partial charge in [0.25, 0.3) is 0 Å².